The molecule has 0 saturated heterocycles. The highest BCUT2D eigenvalue weighted by Crippen LogP contribution is 1.98. The van der Waals surface area contributed by atoms with Crippen LogP contribution in [-0.4, -0.2) is 33.7 Å². The van der Waals surface area contributed by atoms with Crippen LogP contribution < -0.4 is 16.3 Å². The van der Waals surface area contributed by atoms with Crippen molar-refractivity contribution in [1.29, 1.82) is 0 Å². The predicted molar refractivity (Wildman–Crippen MR) is 51.0 cm³/mol. The lowest BCUT2D eigenvalue weighted by Crippen LogP contribution is -2.40. The molecule has 0 unspecified atom stereocenters. The molecule has 0 aliphatic heterocycles. The van der Waals surface area contributed by atoms with Crippen LogP contribution in [0.25, 0.3) is 11.2 Å². The third-order valence-corrected chi connectivity index (χ3v) is 1.86. The molecule has 0 saturated carbocycles. The molecule has 0 aliphatic carbocycles. The Morgan fingerprint density at radius 3 is 2.79 bits per heavy atom. The number of H-pyrrole nitrogens is 2. The van der Waals surface area contributed by atoms with Crippen molar-refractivity contribution in [3.05, 3.63) is 27.2 Å². The standard InChI is InChI=1S/C7H9N5O2/c1-11(2)12-5-4(8-3-9-5)6(13)10-7(12)14/h3H,1-2H3,(H,8,9)(H,10,13,14). The van der Waals surface area contributed by atoms with E-state index >= 15 is 0 Å². The molecule has 0 aromatic carbocycles. The van der Waals surface area contributed by atoms with Gasteiger partial charge in [0.25, 0.3) is 5.56 Å². The van der Waals surface area contributed by atoms with Gasteiger partial charge in [-0.2, -0.15) is 4.68 Å². The summed E-state index contributed by atoms with van der Waals surface area (Å²) in [5, 5.41) is 1.54. The normalized spacial score (nSPS) is 10.7. The smallest absolute Gasteiger partial charge is 0.339 e. The predicted octanol–water partition coefficient (Wildman–Crippen LogP) is -1.39. The number of imidazole rings is 1. The first-order valence-electron chi connectivity index (χ1n) is 3.97. The largest absolute Gasteiger partial charge is 0.349 e. The number of fused-ring (bicyclic) bond motifs is 1. The lowest BCUT2D eigenvalue weighted by Gasteiger charge is -2.14. The number of aromatic amines is 2. The second kappa shape index (κ2) is 2.72. The van der Waals surface area contributed by atoms with Gasteiger partial charge in [0.05, 0.1) is 6.33 Å². The summed E-state index contributed by atoms with van der Waals surface area (Å²) in [7, 11) is 3.38. The summed E-state index contributed by atoms with van der Waals surface area (Å²) in [6, 6.07) is 0. The number of hydrogen-bond donors (Lipinski definition) is 2. The van der Waals surface area contributed by atoms with E-state index in [0.29, 0.717) is 11.2 Å². The second-order valence-electron chi connectivity index (χ2n) is 3.02. The van der Waals surface area contributed by atoms with Gasteiger partial charge in [-0.05, 0) is 0 Å². The van der Waals surface area contributed by atoms with Crippen LogP contribution in [0.2, 0.25) is 0 Å². The highest BCUT2D eigenvalue weighted by Gasteiger charge is 2.09. The molecular weight excluding hydrogens is 186 g/mol. The molecule has 0 spiro atoms. The molecule has 2 rings (SSSR count). The van der Waals surface area contributed by atoms with Crippen LogP contribution in [0.1, 0.15) is 0 Å². The lowest BCUT2D eigenvalue weighted by molar-refractivity contribution is 0.695. The van der Waals surface area contributed by atoms with E-state index in [2.05, 4.69) is 15.0 Å². The zero-order valence-electron chi connectivity index (χ0n) is 7.74. The SMILES string of the molecule is CN(C)n1c(=O)[nH]c(=O)c2[nH]cnc21. The molecule has 0 radical (unpaired) electrons. The minimum Gasteiger partial charge on any atom is -0.339 e. The van der Waals surface area contributed by atoms with Gasteiger partial charge in [0.1, 0.15) is 0 Å². The van der Waals surface area contributed by atoms with Crippen LogP contribution in [0.15, 0.2) is 15.9 Å². The zero-order chi connectivity index (χ0) is 10.3. The molecule has 0 bridgehead atoms. The monoisotopic (exact) mass is 195 g/mol. The van der Waals surface area contributed by atoms with Crippen molar-refractivity contribution in [2.45, 2.75) is 0 Å². The summed E-state index contributed by atoms with van der Waals surface area (Å²) in [6.45, 7) is 0. The zero-order valence-corrected chi connectivity index (χ0v) is 7.74. The number of aromatic nitrogens is 4. The van der Waals surface area contributed by atoms with Crippen molar-refractivity contribution in [1.82, 2.24) is 19.6 Å². The molecule has 0 atom stereocenters. The molecule has 2 N–H and O–H groups in total. The van der Waals surface area contributed by atoms with Crippen LogP contribution in [0.3, 0.4) is 0 Å². The van der Waals surface area contributed by atoms with Gasteiger partial charge in [0, 0.05) is 14.1 Å². The Labute approximate surface area is 78.0 Å². The Morgan fingerprint density at radius 2 is 2.14 bits per heavy atom. The van der Waals surface area contributed by atoms with Crippen LogP contribution in [0, 0.1) is 0 Å². The Kier molecular flexibility index (Phi) is 1.66. The highest BCUT2D eigenvalue weighted by atomic mass is 16.2. The first kappa shape index (κ1) is 8.54. The fourth-order valence-corrected chi connectivity index (χ4v) is 1.29. The Balaban J connectivity index is 3.01. The second-order valence-corrected chi connectivity index (χ2v) is 3.02. The molecule has 2 heterocycles. The Bertz CT molecular complexity index is 576. The minimum absolute atomic E-state index is 0.290. The fourth-order valence-electron chi connectivity index (χ4n) is 1.29. The van der Waals surface area contributed by atoms with Gasteiger partial charge in [-0.15, -0.1) is 0 Å². The molecule has 2 aromatic heterocycles. The number of nitrogens with zero attached hydrogens (tertiary/aromatic N) is 3. The van der Waals surface area contributed by atoms with Crippen LogP contribution >= 0.6 is 0 Å². The van der Waals surface area contributed by atoms with Gasteiger partial charge < -0.3 is 9.99 Å². The third-order valence-electron chi connectivity index (χ3n) is 1.86. The summed E-state index contributed by atoms with van der Waals surface area (Å²) < 4.78 is 1.27. The summed E-state index contributed by atoms with van der Waals surface area (Å²) in [4.78, 5) is 31.4. The quantitative estimate of drug-likeness (QED) is 0.586. The maximum atomic E-state index is 11.4. The van der Waals surface area contributed by atoms with Crippen molar-refractivity contribution in [2.24, 2.45) is 0 Å². The van der Waals surface area contributed by atoms with Crippen molar-refractivity contribution in [2.75, 3.05) is 19.1 Å². The summed E-state index contributed by atoms with van der Waals surface area (Å²) >= 11 is 0. The van der Waals surface area contributed by atoms with E-state index in [-0.39, 0.29) is 0 Å². The van der Waals surface area contributed by atoms with E-state index in [9.17, 15) is 9.59 Å². The van der Waals surface area contributed by atoms with E-state index in [1.54, 1.807) is 19.1 Å². The van der Waals surface area contributed by atoms with Crippen LogP contribution in [-0.2, 0) is 0 Å². The molecule has 7 nitrogen and oxygen atoms in total. The fraction of sp³-hybridized carbons (Fsp3) is 0.286. The molecule has 0 fully saturated rings. The van der Waals surface area contributed by atoms with E-state index < -0.39 is 11.2 Å². The van der Waals surface area contributed by atoms with Crippen molar-refractivity contribution in [3.63, 3.8) is 0 Å². The Morgan fingerprint density at radius 1 is 1.43 bits per heavy atom. The summed E-state index contributed by atoms with van der Waals surface area (Å²) in [5.41, 5.74) is -0.345. The van der Waals surface area contributed by atoms with Crippen LogP contribution in [0.4, 0.5) is 0 Å². The third kappa shape index (κ3) is 1.02. The summed E-state index contributed by atoms with van der Waals surface area (Å²) in [6.07, 6.45) is 1.37. The van der Waals surface area contributed by atoms with Gasteiger partial charge >= 0.3 is 5.69 Å². The molecule has 0 amide bonds. The lowest BCUT2D eigenvalue weighted by atomic mass is 10.5. The minimum atomic E-state index is -0.500. The average Bonchev–Trinajstić information content (AvgIpc) is 2.51. The van der Waals surface area contributed by atoms with Gasteiger partial charge in [0.2, 0.25) is 0 Å². The van der Waals surface area contributed by atoms with Crippen molar-refractivity contribution >= 4 is 11.2 Å². The molecule has 74 valence electrons. The summed E-state index contributed by atoms with van der Waals surface area (Å²) in [5.74, 6) is 0. The maximum Gasteiger partial charge on any atom is 0.349 e. The number of nitrogens with one attached hydrogen (secondary N) is 2. The first-order chi connectivity index (χ1) is 6.61. The van der Waals surface area contributed by atoms with Gasteiger partial charge in [-0.1, -0.05) is 0 Å². The molecule has 0 aliphatic rings. The topological polar surface area (TPSA) is 86.8 Å². The first-order valence-corrected chi connectivity index (χ1v) is 3.97. The average molecular weight is 195 g/mol. The van der Waals surface area contributed by atoms with Crippen molar-refractivity contribution < 1.29 is 0 Å². The maximum absolute atomic E-state index is 11.4. The van der Waals surface area contributed by atoms with E-state index in [1.807, 2.05) is 0 Å². The number of rotatable bonds is 1. The number of hydrogen-bond acceptors (Lipinski definition) is 4. The molecule has 14 heavy (non-hydrogen) atoms. The van der Waals surface area contributed by atoms with E-state index in [1.165, 1.54) is 11.0 Å². The van der Waals surface area contributed by atoms with Crippen molar-refractivity contribution in [3.8, 4) is 0 Å². The van der Waals surface area contributed by atoms with Gasteiger partial charge in [-0.3, -0.25) is 9.78 Å². The Hall–Kier alpha value is -2.05. The highest BCUT2D eigenvalue weighted by molar-refractivity contribution is 5.68. The van der Waals surface area contributed by atoms with E-state index in [0.717, 1.165) is 0 Å². The van der Waals surface area contributed by atoms with Gasteiger partial charge in [0.15, 0.2) is 11.2 Å². The molecule has 7 heteroatoms. The van der Waals surface area contributed by atoms with E-state index in [4.69, 9.17) is 0 Å². The molecule has 2 aromatic rings. The van der Waals surface area contributed by atoms with Gasteiger partial charge in [-0.25, -0.2) is 9.78 Å². The molecular formula is C7H9N5O2. The van der Waals surface area contributed by atoms with Crippen LogP contribution in [0.5, 0.6) is 0 Å².